The van der Waals surface area contributed by atoms with Crippen LogP contribution in [0.5, 0.6) is 0 Å². The summed E-state index contributed by atoms with van der Waals surface area (Å²) in [5, 5.41) is 12.3. The van der Waals surface area contributed by atoms with Gasteiger partial charge in [0.25, 0.3) is 0 Å². The number of benzene rings is 1. The third-order valence-corrected chi connectivity index (χ3v) is 5.07. The molecule has 3 unspecified atom stereocenters. The first-order chi connectivity index (χ1) is 14.0. The number of carbonyl (C=O) groups is 3. The summed E-state index contributed by atoms with van der Waals surface area (Å²) < 4.78 is 5.33. The Labute approximate surface area is 178 Å². The van der Waals surface area contributed by atoms with E-state index in [-0.39, 0.29) is 18.5 Å². The van der Waals surface area contributed by atoms with Crippen LogP contribution in [0.4, 0.5) is 4.79 Å². The maximum absolute atomic E-state index is 13.2. The van der Waals surface area contributed by atoms with E-state index in [0.29, 0.717) is 12.8 Å². The number of ether oxygens (including phenoxy) is 1. The second kappa shape index (κ2) is 9.78. The van der Waals surface area contributed by atoms with Crippen LogP contribution in [0.25, 0.3) is 0 Å². The number of hydrogen-bond donors (Lipinski definition) is 2. The fraction of sp³-hybridized carbons (Fsp3) is 0.522. The van der Waals surface area contributed by atoms with Crippen LogP contribution in [0.1, 0.15) is 46.6 Å². The smallest absolute Gasteiger partial charge is 0.408 e. The molecule has 1 aromatic carbocycles. The van der Waals surface area contributed by atoms with Gasteiger partial charge in [-0.25, -0.2) is 9.59 Å². The Hall–Kier alpha value is -2.83. The number of aliphatic carboxylic acids is 1. The number of alkyl carbamates (subject to hydrolysis) is 1. The molecule has 0 spiro atoms. The number of nitrogens with zero attached hydrogens (tertiary/aromatic N) is 1. The van der Waals surface area contributed by atoms with Gasteiger partial charge in [-0.1, -0.05) is 36.4 Å². The summed E-state index contributed by atoms with van der Waals surface area (Å²) in [6.07, 6.45) is 2.30. The average Bonchev–Trinajstić information content (AvgIpc) is 2.80. The van der Waals surface area contributed by atoms with E-state index in [4.69, 9.17) is 4.74 Å². The Balaban J connectivity index is 2.26. The molecule has 2 amide bonds. The minimum Gasteiger partial charge on any atom is -0.480 e. The van der Waals surface area contributed by atoms with Crippen LogP contribution < -0.4 is 5.32 Å². The molecule has 2 rings (SSSR count). The van der Waals surface area contributed by atoms with Crippen molar-refractivity contribution in [1.29, 1.82) is 0 Å². The Morgan fingerprint density at radius 2 is 1.87 bits per heavy atom. The molecule has 1 aliphatic heterocycles. The lowest BCUT2D eigenvalue weighted by molar-refractivity contribution is -0.150. The predicted octanol–water partition coefficient (Wildman–Crippen LogP) is 3.39. The van der Waals surface area contributed by atoms with E-state index in [1.54, 1.807) is 20.8 Å². The molecule has 7 heteroatoms. The first kappa shape index (κ1) is 23.4. The molecule has 0 saturated carbocycles. The summed E-state index contributed by atoms with van der Waals surface area (Å²) in [6.45, 7) is 9.03. The first-order valence-electron chi connectivity index (χ1n) is 10.2. The Bertz CT molecular complexity index is 798. The van der Waals surface area contributed by atoms with Crippen molar-refractivity contribution in [3.8, 4) is 0 Å². The number of nitrogens with one attached hydrogen (secondary N) is 1. The van der Waals surface area contributed by atoms with Gasteiger partial charge in [-0.2, -0.15) is 0 Å². The van der Waals surface area contributed by atoms with Crippen molar-refractivity contribution in [2.24, 2.45) is 5.92 Å². The lowest BCUT2D eigenvalue weighted by Gasteiger charge is -2.27. The number of carbonyl (C=O) groups excluding carboxylic acids is 2. The molecular formula is C23H32N2O5. The van der Waals surface area contributed by atoms with Crippen molar-refractivity contribution >= 4 is 18.0 Å². The number of carboxylic acid groups (broad SMARTS) is 1. The van der Waals surface area contributed by atoms with Crippen molar-refractivity contribution < 1.29 is 24.2 Å². The first-order valence-corrected chi connectivity index (χ1v) is 10.2. The number of carboxylic acids is 1. The van der Waals surface area contributed by atoms with Crippen LogP contribution >= 0.6 is 0 Å². The van der Waals surface area contributed by atoms with Crippen LogP contribution in [0.2, 0.25) is 0 Å². The minimum absolute atomic E-state index is 0.215. The van der Waals surface area contributed by atoms with Gasteiger partial charge in [0.05, 0.1) is 12.0 Å². The van der Waals surface area contributed by atoms with Gasteiger partial charge in [0.15, 0.2) is 0 Å². The fourth-order valence-corrected chi connectivity index (χ4v) is 3.46. The van der Waals surface area contributed by atoms with E-state index in [1.165, 1.54) is 11.8 Å². The van der Waals surface area contributed by atoms with Gasteiger partial charge in [-0.15, -0.1) is 0 Å². The van der Waals surface area contributed by atoms with Gasteiger partial charge in [0.1, 0.15) is 11.6 Å². The highest BCUT2D eigenvalue weighted by molar-refractivity contribution is 5.86. The van der Waals surface area contributed by atoms with Crippen molar-refractivity contribution in [2.45, 2.75) is 65.1 Å². The second-order valence-corrected chi connectivity index (χ2v) is 8.70. The maximum atomic E-state index is 13.2. The van der Waals surface area contributed by atoms with E-state index in [2.05, 4.69) is 5.32 Å². The molecule has 1 heterocycles. The van der Waals surface area contributed by atoms with Gasteiger partial charge in [-0.05, 0) is 58.6 Å². The highest BCUT2D eigenvalue weighted by Crippen LogP contribution is 2.24. The van der Waals surface area contributed by atoms with Crippen molar-refractivity contribution in [3.63, 3.8) is 0 Å². The second-order valence-electron chi connectivity index (χ2n) is 8.70. The highest BCUT2D eigenvalue weighted by atomic mass is 16.6. The molecule has 0 aromatic heterocycles. The lowest BCUT2D eigenvalue weighted by atomic mass is 9.94. The average molecular weight is 417 g/mol. The predicted molar refractivity (Wildman–Crippen MR) is 114 cm³/mol. The fourth-order valence-electron chi connectivity index (χ4n) is 3.46. The van der Waals surface area contributed by atoms with Crippen LogP contribution in [0.15, 0.2) is 42.0 Å². The topological polar surface area (TPSA) is 95.9 Å². The summed E-state index contributed by atoms with van der Waals surface area (Å²) in [4.78, 5) is 38.3. The van der Waals surface area contributed by atoms with Gasteiger partial charge >= 0.3 is 12.1 Å². The molecule has 1 aromatic rings. The molecule has 164 valence electrons. The summed E-state index contributed by atoms with van der Waals surface area (Å²) in [5.74, 6) is -1.76. The Morgan fingerprint density at radius 3 is 2.43 bits per heavy atom. The minimum atomic E-state index is -1.04. The molecule has 30 heavy (non-hydrogen) atoms. The van der Waals surface area contributed by atoms with E-state index in [9.17, 15) is 19.5 Å². The zero-order valence-electron chi connectivity index (χ0n) is 18.3. The third-order valence-electron chi connectivity index (χ3n) is 5.07. The molecule has 7 nitrogen and oxygen atoms in total. The molecule has 0 saturated heterocycles. The molecule has 0 bridgehead atoms. The highest BCUT2D eigenvalue weighted by Gasteiger charge is 2.33. The molecule has 0 fully saturated rings. The zero-order chi connectivity index (χ0) is 22.5. The SMILES string of the molecule is CC(NC(=O)OC(C)(C)C)C1=CC(Cc2ccccc2)C(=O)N(C(C)C(=O)O)CC1. The summed E-state index contributed by atoms with van der Waals surface area (Å²) in [5.41, 5.74) is 1.26. The number of amides is 2. The standard InChI is InChI=1S/C23H32N2O5/c1-15(24-22(29)30-23(3,4)5)18-11-12-25(16(2)21(27)28)20(26)19(14-18)13-17-9-7-6-8-10-17/h6-10,14-16,19H,11-13H2,1-5H3,(H,24,29)(H,27,28). The van der Waals surface area contributed by atoms with Crippen LogP contribution in [0, 0.1) is 5.92 Å². The number of rotatable bonds is 6. The summed E-state index contributed by atoms with van der Waals surface area (Å²) >= 11 is 0. The molecule has 0 radical (unpaired) electrons. The summed E-state index contributed by atoms with van der Waals surface area (Å²) in [7, 11) is 0. The quantitative estimate of drug-likeness (QED) is 0.693. The van der Waals surface area contributed by atoms with Crippen molar-refractivity contribution in [2.75, 3.05) is 6.54 Å². The van der Waals surface area contributed by atoms with E-state index in [0.717, 1.165) is 11.1 Å². The van der Waals surface area contributed by atoms with Crippen molar-refractivity contribution in [1.82, 2.24) is 10.2 Å². The molecule has 1 aliphatic rings. The summed E-state index contributed by atoms with van der Waals surface area (Å²) in [6, 6.07) is 8.35. The third kappa shape index (κ3) is 6.61. The van der Waals surface area contributed by atoms with Gasteiger partial charge in [-0.3, -0.25) is 4.79 Å². The Kier molecular flexibility index (Phi) is 7.65. The van der Waals surface area contributed by atoms with Crippen LogP contribution in [-0.4, -0.2) is 52.2 Å². The Morgan fingerprint density at radius 1 is 1.23 bits per heavy atom. The monoisotopic (exact) mass is 416 g/mol. The van der Waals surface area contributed by atoms with Gasteiger partial charge < -0.3 is 20.1 Å². The van der Waals surface area contributed by atoms with E-state index < -0.39 is 29.6 Å². The normalized spacial score (nSPS) is 19.4. The van der Waals surface area contributed by atoms with E-state index in [1.807, 2.05) is 43.3 Å². The largest absolute Gasteiger partial charge is 0.480 e. The molecule has 3 atom stereocenters. The van der Waals surface area contributed by atoms with Gasteiger partial charge in [0.2, 0.25) is 5.91 Å². The molecular weight excluding hydrogens is 384 g/mol. The molecule has 0 aliphatic carbocycles. The number of hydrogen-bond acceptors (Lipinski definition) is 4. The zero-order valence-corrected chi connectivity index (χ0v) is 18.3. The molecule has 2 N–H and O–H groups in total. The lowest BCUT2D eigenvalue weighted by Crippen LogP contribution is -2.45. The maximum Gasteiger partial charge on any atom is 0.408 e. The van der Waals surface area contributed by atoms with Gasteiger partial charge in [0, 0.05) is 6.54 Å². The van der Waals surface area contributed by atoms with Crippen LogP contribution in [-0.2, 0) is 20.7 Å². The van der Waals surface area contributed by atoms with E-state index >= 15 is 0 Å². The van der Waals surface area contributed by atoms with Crippen molar-refractivity contribution in [3.05, 3.63) is 47.5 Å². The van der Waals surface area contributed by atoms with Crippen LogP contribution in [0.3, 0.4) is 0 Å².